The molecule has 0 bridgehead atoms. The molecule has 30 heavy (non-hydrogen) atoms. The number of nitrogens with one attached hydrogen (secondary N) is 1. The summed E-state index contributed by atoms with van der Waals surface area (Å²) in [6, 6.07) is 13.9. The van der Waals surface area contributed by atoms with E-state index in [0.29, 0.717) is 10.2 Å². The van der Waals surface area contributed by atoms with E-state index < -0.39 is 0 Å². The van der Waals surface area contributed by atoms with Gasteiger partial charge in [0.1, 0.15) is 11.4 Å². The van der Waals surface area contributed by atoms with Crippen molar-refractivity contribution >= 4 is 38.8 Å². The van der Waals surface area contributed by atoms with Gasteiger partial charge in [0.25, 0.3) is 5.56 Å². The Morgan fingerprint density at radius 1 is 1.13 bits per heavy atom. The SMILES string of the molecule is CCCCc1ccc(C(NC(=O)Cn2cnc3sccc3c2=O)c2cccs2)cc1. The molecule has 7 heteroatoms. The lowest BCUT2D eigenvalue weighted by Gasteiger charge is -2.19. The first-order valence-electron chi connectivity index (χ1n) is 10.00. The van der Waals surface area contributed by atoms with Crippen LogP contribution in [-0.2, 0) is 17.8 Å². The van der Waals surface area contributed by atoms with Gasteiger partial charge in [0, 0.05) is 4.88 Å². The molecular formula is C23H23N3O2S2. The molecule has 1 atom stereocenters. The number of unbranched alkanes of at least 4 members (excludes halogenated alkanes) is 1. The van der Waals surface area contributed by atoms with Crippen molar-refractivity contribution in [3.63, 3.8) is 0 Å². The summed E-state index contributed by atoms with van der Waals surface area (Å²) in [4.78, 5) is 31.4. The smallest absolute Gasteiger partial charge is 0.262 e. The number of benzene rings is 1. The van der Waals surface area contributed by atoms with Crippen LogP contribution < -0.4 is 10.9 Å². The highest BCUT2D eigenvalue weighted by atomic mass is 32.1. The van der Waals surface area contributed by atoms with E-state index in [4.69, 9.17) is 0 Å². The number of hydrogen-bond acceptors (Lipinski definition) is 5. The van der Waals surface area contributed by atoms with Crippen LogP contribution in [0, 0.1) is 0 Å². The summed E-state index contributed by atoms with van der Waals surface area (Å²) >= 11 is 3.02. The summed E-state index contributed by atoms with van der Waals surface area (Å²) in [7, 11) is 0. The molecule has 1 amide bonds. The van der Waals surface area contributed by atoms with Crippen molar-refractivity contribution in [2.45, 2.75) is 38.8 Å². The molecule has 1 unspecified atom stereocenters. The number of thiophene rings is 2. The second-order valence-electron chi connectivity index (χ2n) is 7.18. The minimum absolute atomic E-state index is 0.0614. The van der Waals surface area contributed by atoms with Gasteiger partial charge in [0.05, 0.1) is 17.8 Å². The summed E-state index contributed by atoms with van der Waals surface area (Å²) < 4.78 is 1.36. The molecule has 0 saturated carbocycles. The predicted octanol–water partition coefficient (Wildman–Crippen LogP) is 4.77. The highest BCUT2D eigenvalue weighted by Crippen LogP contribution is 2.26. The number of carbonyl (C=O) groups is 1. The lowest BCUT2D eigenvalue weighted by atomic mass is 10.0. The molecule has 0 spiro atoms. The van der Waals surface area contributed by atoms with Gasteiger partial charge in [0.2, 0.25) is 5.91 Å². The first-order valence-corrected chi connectivity index (χ1v) is 11.8. The zero-order chi connectivity index (χ0) is 20.9. The fraction of sp³-hybridized carbons (Fsp3) is 0.261. The van der Waals surface area contributed by atoms with Gasteiger partial charge in [-0.05, 0) is 46.9 Å². The third-order valence-corrected chi connectivity index (χ3v) is 6.79. The van der Waals surface area contributed by atoms with E-state index in [9.17, 15) is 9.59 Å². The molecule has 3 aromatic heterocycles. The predicted molar refractivity (Wildman–Crippen MR) is 123 cm³/mol. The van der Waals surface area contributed by atoms with Crippen LogP contribution >= 0.6 is 22.7 Å². The van der Waals surface area contributed by atoms with Crippen molar-refractivity contribution in [2.24, 2.45) is 0 Å². The average Bonchev–Trinajstić information content (AvgIpc) is 3.45. The Morgan fingerprint density at radius 3 is 2.70 bits per heavy atom. The summed E-state index contributed by atoms with van der Waals surface area (Å²) in [6.45, 7) is 2.13. The van der Waals surface area contributed by atoms with Crippen molar-refractivity contribution in [3.05, 3.63) is 85.9 Å². The Hall–Kier alpha value is -2.77. The molecule has 0 saturated heterocycles. The van der Waals surface area contributed by atoms with Crippen LogP contribution in [0.25, 0.3) is 10.2 Å². The summed E-state index contributed by atoms with van der Waals surface area (Å²) in [5.41, 5.74) is 2.15. The van der Waals surface area contributed by atoms with Gasteiger partial charge in [-0.25, -0.2) is 4.98 Å². The van der Waals surface area contributed by atoms with E-state index in [0.717, 1.165) is 16.9 Å². The number of carbonyl (C=O) groups excluding carboxylic acids is 1. The van der Waals surface area contributed by atoms with Crippen LogP contribution in [0.15, 0.2) is 64.3 Å². The molecule has 1 aromatic carbocycles. The van der Waals surface area contributed by atoms with Crippen LogP contribution in [-0.4, -0.2) is 15.5 Å². The second kappa shape index (κ2) is 9.36. The third-order valence-electron chi connectivity index (χ3n) is 5.03. The van der Waals surface area contributed by atoms with Gasteiger partial charge in [-0.2, -0.15) is 0 Å². The molecule has 3 heterocycles. The van der Waals surface area contributed by atoms with Gasteiger partial charge in [-0.1, -0.05) is 43.7 Å². The van der Waals surface area contributed by atoms with Crippen LogP contribution in [0.4, 0.5) is 0 Å². The fourth-order valence-electron chi connectivity index (χ4n) is 3.40. The molecule has 5 nitrogen and oxygen atoms in total. The standard InChI is InChI=1S/C23H23N3O2S2/c1-2-3-5-16-7-9-17(10-8-16)21(19-6-4-12-29-19)25-20(27)14-26-15-24-22-18(23(26)28)11-13-30-22/h4,6-13,15,21H,2-3,5,14H2,1H3,(H,25,27). The molecule has 0 aliphatic heterocycles. The lowest BCUT2D eigenvalue weighted by Crippen LogP contribution is -2.35. The van der Waals surface area contributed by atoms with Gasteiger partial charge >= 0.3 is 0 Å². The third kappa shape index (κ3) is 4.52. The number of rotatable bonds is 8. The quantitative estimate of drug-likeness (QED) is 0.432. The topological polar surface area (TPSA) is 64.0 Å². The second-order valence-corrected chi connectivity index (χ2v) is 9.05. The number of fused-ring (bicyclic) bond motifs is 1. The molecule has 4 aromatic rings. The Bertz CT molecular complexity index is 1180. The Morgan fingerprint density at radius 2 is 1.97 bits per heavy atom. The zero-order valence-electron chi connectivity index (χ0n) is 16.7. The van der Waals surface area contributed by atoms with Crippen molar-refractivity contribution in [3.8, 4) is 0 Å². The van der Waals surface area contributed by atoms with E-state index in [-0.39, 0.29) is 24.1 Å². The van der Waals surface area contributed by atoms with Crippen LogP contribution in [0.2, 0.25) is 0 Å². The number of aryl methyl sites for hydroxylation is 1. The number of amides is 1. The molecule has 0 aliphatic rings. The zero-order valence-corrected chi connectivity index (χ0v) is 18.3. The van der Waals surface area contributed by atoms with E-state index in [1.807, 2.05) is 22.9 Å². The first-order chi connectivity index (χ1) is 14.7. The average molecular weight is 438 g/mol. The molecule has 0 radical (unpaired) electrons. The monoisotopic (exact) mass is 437 g/mol. The van der Waals surface area contributed by atoms with Gasteiger partial charge in [0.15, 0.2) is 0 Å². The summed E-state index contributed by atoms with van der Waals surface area (Å²) in [5, 5.41) is 7.49. The number of hydrogen-bond donors (Lipinski definition) is 1. The van der Waals surface area contributed by atoms with Crippen LogP contribution in [0.5, 0.6) is 0 Å². The molecule has 0 aliphatic carbocycles. The van der Waals surface area contributed by atoms with Crippen LogP contribution in [0.3, 0.4) is 0 Å². The molecule has 0 fully saturated rings. The van der Waals surface area contributed by atoms with Crippen molar-refractivity contribution in [1.29, 1.82) is 0 Å². The number of nitrogens with zero attached hydrogens (tertiary/aromatic N) is 2. The molecular weight excluding hydrogens is 414 g/mol. The Kier molecular flexibility index (Phi) is 6.40. The van der Waals surface area contributed by atoms with Crippen molar-refractivity contribution in [1.82, 2.24) is 14.9 Å². The Balaban J connectivity index is 1.54. The maximum absolute atomic E-state index is 12.8. The van der Waals surface area contributed by atoms with Gasteiger partial charge < -0.3 is 5.32 Å². The normalized spacial score (nSPS) is 12.2. The fourth-order valence-corrected chi connectivity index (χ4v) is 4.93. The minimum Gasteiger partial charge on any atom is -0.343 e. The summed E-state index contributed by atoms with van der Waals surface area (Å²) in [5.74, 6) is -0.220. The largest absolute Gasteiger partial charge is 0.343 e. The molecule has 1 N–H and O–H groups in total. The molecule has 4 rings (SSSR count). The van der Waals surface area contributed by atoms with E-state index in [1.165, 1.54) is 40.6 Å². The highest BCUT2D eigenvalue weighted by Gasteiger charge is 2.19. The van der Waals surface area contributed by atoms with E-state index >= 15 is 0 Å². The summed E-state index contributed by atoms with van der Waals surface area (Å²) in [6.07, 6.45) is 4.85. The van der Waals surface area contributed by atoms with Crippen molar-refractivity contribution < 1.29 is 4.79 Å². The minimum atomic E-state index is -0.244. The number of aromatic nitrogens is 2. The van der Waals surface area contributed by atoms with Crippen LogP contribution in [0.1, 0.15) is 41.8 Å². The molecule has 154 valence electrons. The lowest BCUT2D eigenvalue weighted by molar-refractivity contribution is -0.122. The Labute approximate surface area is 183 Å². The van der Waals surface area contributed by atoms with Gasteiger partial charge in [-0.3, -0.25) is 14.2 Å². The maximum atomic E-state index is 12.8. The van der Waals surface area contributed by atoms with Crippen molar-refractivity contribution in [2.75, 3.05) is 0 Å². The highest BCUT2D eigenvalue weighted by molar-refractivity contribution is 7.16. The van der Waals surface area contributed by atoms with Gasteiger partial charge in [-0.15, -0.1) is 22.7 Å². The van der Waals surface area contributed by atoms with E-state index in [1.54, 1.807) is 17.4 Å². The first kappa shape index (κ1) is 20.5. The maximum Gasteiger partial charge on any atom is 0.262 e. The van der Waals surface area contributed by atoms with E-state index in [2.05, 4.69) is 41.5 Å².